The van der Waals surface area contributed by atoms with Crippen LogP contribution in [0, 0.1) is 17.6 Å². The average molecular weight is 243 g/mol. The first-order valence-electron chi connectivity index (χ1n) is 5.32. The van der Waals surface area contributed by atoms with Gasteiger partial charge in [0.05, 0.1) is 12.7 Å². The maximum absolute atomic E-state index is 13.6. The van der Waals surface area contributed by atoms with Gasteiger partial charge in [0.2, 0.25) is 0 Å². The first-order valence-corrected chi connectivity index (χ1v) is 5.32. The monoisotopic (exact) mass is 243 g/mol. The van der Waals surface area contributed by atoms with Crippen molar-refractivity contribution in [2.24, 2.45) is 11.7 Å². The van der Waals surface area contributed by atoms with Crippen molar-refractivity contribution in [3.8, 4) is 5.75 Å². The largest absolute Gasteiger partial charge is 0.494 e. The molecule has 0 bridgehead atoms. The molecule has 0 aliphatic heterocycles. The number of methoxy groups -OCH3 is 1. The van der Waals surface area contributed by atoms with Crippen molar-refractivity contribution in [2.45, 2.75) is 13.3 Å². The Morgan fingerprint density at radius 2 is 2.06 bits per heavy atom. The number of Topliss-reactive ketones (excluding diaryl/α,β-unsaturated/α-hetero) is 1. The average Bonchev–Trinajstić information content (AvgIpc) is 2.32. The predicted octanol–water partition coefficient (Wildman–Crippen LogP) is 2.14. The van der Waals surface area contributed by atoms with Gasteiger partial charge in [-0.25, -0.2) is 8.78 Å². The molecule has 1 atom stereocenters. The van der Waals surface area contributed by atoms with E-state index in [1.165, 1.54) is 7.11 Å². The van der Waals surface area contributed by atoms with Crippen LogP contribution < -0.4 is 10.5 Å². The van der Waals surface area contributed by atoms with E-state index in [2.05, 4.69) is 4.74 Å². The fraction of sp³-hybridized carbons (Fsp3) is 0.417. The van der Waals surface area contributed by atoms with Gasteiger partial charge in [-0.2, -0.15) is 0 Å². The number of halogens is 2. The summed E-state index contributed by atoms with van der Waals surface area (Å²) >= 11 is 0. The second kappa shape index (κ2) is 5.72. The third kappa shape index (κ3) is 2.79. The molecule has 1 unspecified atom stereocenters. The topological polar surface area (TPSA) is 52.3 Å². The number of ether oxygens (including phenoxy) is 1. The van der Waals surface area contributed by atoms with Crippen LogP contribution in [-0.4, -0.2) is 19.4 Å². The van der Waals surface area contributed by atoms with Gasteiger partial charge in [-0.1, -0.05) is 6.92 Å². The molecule has 1 rings (SSSR count). The Balaban J connectivity index is 3.14. The van der Waals surface area contributed by atoms with Crippen LogP contribution in [0.4, 0.5) is 8.78 Å². The fourth-order valence-electron chi connectivity index (χ4n) is 1.55. The van der Waals surface area contributed by atoms with Crippen LogP contribution in [0.1, 0.15) is 23.7 Å². The minimum atomic E-state index is -0.792. The van der Waals surface area contributed by atoms with Gasteiger partial charge in [-0.3, -0.25) is 4.79 Å². The molecule has 0 radical (unpaired) electrons. The summed E-state index contributed by atoms with van der Waals surface area (Å²) in [7, 11) is 1.23. The molecular weight excluding hydrogens is 228 g/mol. The third-order valence-corrected chi connectivity index (χ3v) is 2.66. The lowest BCUT2D eigenvalue weighted by molar-refractivity contribution is 0.0916. The molecule has 1 aromatic carbocycles. The van der Waals surface area contributed by atoms with Gasteiger partial charge in [0.1, 0.15) is 5.82 Å². The molecule has 0 fully saturated rings. The molecule has 0 saturated carbocycles. The zero-order chi connectivity index (χ0) is 13.0. The number of rotatable bonds is 5. The highest BCUT2D eigenvalue weighted by atomic mass is 19.1. The van der Waals surface area contributed by atoms with Crippen LogP contribution in [0.15, 0.2) is 12.1 Å². The molecule has 2 N–H and O–H groups in total. The quantitative estimate of drug-likeness (QED) is 0.806. The summed E-state index contributed by atoms with van der Waals surface area (Å²) in [4.78, 5) is 11.9. The third-order valence-electron chi connectivity index (χ3n) is 2.66. The highest BCUT2D eigenvalue weighted by Gasteiger charge is 2.22. The number of carbonyl (C=O) groups excluding carboxylic acids is 1. The van der Waals surface area contributed by atoms with Gasteiger partial charge in [0.25, 0.3) is 0 Å². The fourth-order valence-corrected chi connectivity index (χ4v) is 1.55. The molecule has 17 heavy (non-hydrogen) atoms. The van der Waals surface area contributed by atoms with E-state index in [1.54, 1.807) is 6.92 Å². The summed E-state index contributed by atoms with van der Waals surface area (Å²) in [5.74, 6) is -2.74. The predicted molar refractivity (Wildman–Crippen MR) is 60.1 cm³/mol. The Bertz CT molecular complexity index is 417. The Morgan fingerprint density at radius 3 is 2.53 bits per heavy atom. The lowest BCUT2D eigenvalue weighted by atomic mass is 9.95. The van der Waals surface area contributed by atoms with Crippen molar-refractivity contribution in [1.29, 1.82) is 0 Å². The number of nitrogens with two attached hydrogens (primary N) is 1. The van der Waals surface area contributed by atoms with Crippen molar-refractivity contribution in [3.63, 3.8) is 0 Å². The number of ketones is 1. The van der Waals surface area contributed by atoms with Crippen LogP contribution >= 0.6 is 0 Å². The molecule has 5 heteroatoms. The van der Waals surface area contributed by atoms with Crippen LogP contribution in [0.3, 0.4) is 0 Å². The molecule has 0 spiro atoms. The lowest BCUT2D eigenvalue weighted by Crippen LogP contribution is -2.24. The summed E-state index contributed by atoms with van der Waals surface area (Å²) < 4.78 is 31.6. The van der Waals surface area contributed by atoms with E-state index in [-0.39, 0.29) is 17.9 Å². The highest BCUT2D eigenvalue weighted by Crippen LogP contribution is 2.23. The van der Waals surface area contributed by atoms with Crippen LogP contribution in [0.5, 0.6) is 5.75 Å². The number of carbonyl (C=O) groups is 1. The first-order chi connectivity index (χ1) is 8.04. The van der Waals surface area contributed by atoms with Gasteiger partial charge >= 0.3 is 0 Å². The molecule has 0 saturated heterocycles. The lowest BCUT2D eigenvalue weighted by Gasteiger charge is -2.12. The van der Waals surface area contributed by atoms with Crippen LogP contribution in [0.25, 0.3) is 0 Å². The summed E-state index contributed by atoms with van der Waals surface area (Å²) in [6.07, 6.45) is 0.489. The van der Waals surface area contributed by atoms with Gasteiger partial charge < -0.3 is 10.5 Å². The van der Waals surface area contributed by atoms with E-state index in [0.29, 0.717) is 6.42 Å². The maximum atomic E-state index is 13.6. The van der Waals surface area contributed by atoms with Crippen molar-refractivity contribution in [2.75, 3.05) is 13.7 Å². The molecule has 1 aromatic rings. The van der Waals surface area contributed by atoms with Crippen LogP contribution in [-0.2, 0) is 0 Å². The van der Waals surface area contributed by atoms with E-state index in [9.17, 15) is 13.6 Å². The normalized spacial score (nSPS) is 12.3. The standard InChI is InChI=1S/C12H15F2NO2/c1-3-7(6-15)12(16)8-4-10(14)11(17-2)5-9(8)13/h4-5,7H,3,6,15H2,1-2H3. The first kappa shape index (κ1) is 13.6. The molecule has 0 aliphatic carbocycles. The Kier molecular flexibility index (Phi) is 4.57. The number of hydrogen-bond acceptors (Lipinski definition) is 3. The van der Waals surface area contributed by atoms with Crippen molar-refractivity contribution >= 4 is 5.78 Å². The van der Waals surface area contributed by atoms with Gasteiger partial charge in [0.15, 0.2) is 17.3 Å². The second-order valence-corrected chi connectivity index (χ2v) is 3.67. The molecule has 0 aliphatic rings. The highest BCUT2D eigenvalue weighted by molar-refractivity contribution is 5.98. The maximum Gasteiger partial charge on any atom is 0.170 e. The van der Waals surface area contributed by atoms with Crippen molar-refractivity contribution in [1.82, 2.24) is 0 Å². The SMILES string of the molecule is CCC(CN)C(=O)c1cc(F)c(OC)cc1F. The number of hydrogen-bond donors (Lipinski definition) is 1. The zero-order valence-corrected chi connectivity index (χ0v) is 9.80. The van der Waals surface area contributed by atoms with E-state index in [0.717, 1.165) is 12.1 Å². The Morgan fingerprint density at radius 1 is 1.41 bits per heavy atom. The smallest absolute Gasteiger partial charge is 0.170 e. The van der Waals surface area contributed by atoms with Crippen LogP contribution in [0.2, 0.25) is 0 Å². The zero-order valence-electron chi connectivity index (χ0n) is 9.80. The second-order valence-electron chi connectivity index (χ2n) is 3.67. The van der Waals surface area contributed by atoms with Gasteiger partial charge in [-0.15, -0.1) is 0 Å². The van der Waals surface area contributed by atoms with E-state index in [4.69, 9.17) is 5.73 Å². The van der Waals surface area contributed by atoms with Gasteiger partial charge in [-0.05, 0) is 12.5 Å². The molecule has 0 heterocycles. The summed E-state index contributed by atoms with van der Waals surface area (Å²) in [6.45, 7) is 1.88. The van der Waals surface area contributed by atoms with E-state index in [1.807, 2.05) is 0 Å². The number of benzene rings is 1. The minimum Gasteiger partial charge on any atom is -0.494 e. The van der Waals surface area contributed by atoms with Crippen molar-refractivity contribution < 1.29 is 18.3 Å². The molecule has 3 nitrogen and oxygen atoms in total. The Hall–Kier alpha value is -1.49. The molecular formula is C12H15F2NO2. The summed E-state index contributed by atoms with van der Waals surface area (Å²) in [5.41, 5.74) is 5.13. The minimum absolute atomic E-state index is 0.114. The summed E-state index contributed by atoms with van der Waals surface area (Å²) in [5, 5.41) is 0. The van der Waals surface area contributed by atoms with Gasteiger partial charge in [0, 0.05) is 18.5 Å². The van der Waals surface area contributed by atoms with Crippen molar-refractivity contribution in [3.05, 3.63) is 29.3 Å². The molecule has 0 aromatic heterocycles. The van der Waals surface area contributed by atoms with E-state index >= 15 is 0 Å². The molecule has 0 amide bonds. The summed E-state index contributed by atoms with van der Waals surface area (Å²) in [6, 6.07) is 1.72. The molecule has 94 valence electrons. The Labute approximate surface area is 98.6 Å². The van der Waals surface area contributed by atoms with E-state index < -0.39 is 23.3 Å².